The van der Waals surface area contributed by atoms with Crippen molar-refractivity contribution >= 4 is 21.9 Å². The van der Waals surface area contributed by atoms with Gasteiger partial charge in [0.1, 0.15) is 11.3 Å². The zero-order valence-corrected chi connectivity index (χ0v) is 17.2. The molecule has 5 nitrogen and oxygen atoms in total. The first-order chi connectivity index (χ1) is 15.4. The summed E-state index contributed by atoms with van der Waals surface area (Å²) in [4.78, 5) is 14.4. The Balaban J connectivity index is 1.54. The number of benzene rings is 2. The van der Waals surface area contributed by atoms with Gasteiger partial charge in [0.15, 0.2) is 5.65 Å². The van der Waals surface area contributed by atoms with E-state index in [0.29, 0.717) is 6.04 Å². The summed E-state index contributed by atoms with van der Waals surface area (Å²) in [5.74, 6) is 0.957. The quantitative estimate of drug-likeness (QED) is 0.446. The summed E-state index contributed by atoms with van der Waals surface area (Å²) >= 11 is 0. The Morgan fingerprint density at radius 1 is 0.806 bits per heavy atom. The van der Waals surface area contributed by atoms with E-state index in [9.17, 15) is 0 Å². The Bertz CT molecular complexity index is 1370. The normalized spacial score (nSPS) is 15.0. The fourth-order valence-corrected chi connectivity index (χ4v) is 4.59. The second-order valence-corrected chi connectivity index (χ2v) is 8.13. The second kappa shape index (κ2) is 7.60. The molecule has 0 bridgehead atoms. The van der Waals surface area contributed by atoms with Gasteiger partial charge in [-0.3, -0.25) is 4.98 Å². The van der Waals surface area contributed by atoms with Gasteiger partial charge >= 0.3 is 0 Å². The van der Waals surface area contributed by atoms with Crippen molar-refractivity contribution in [2.75, 3.05) is 13.1 Å². The Labute approximate surface area is 180 Å². The van der Waals surface area contributed by atoms with Crippen LogP contribution < -0.4 is 5.32 Å². The van der Waals surface area contributed by atoms with Gasteiger partial charge in [-0.1, -0.05) is 36.4 Å². The zero-order valence-electron chi connectivity index (χ0n) is 17.2. The van der Waals surface area contributed by atoms with Crippen LogP contribution in [0.1, 0.15) is 18.9 Å². The van der Waals surface area contributed by atoms with Gasteiger partial charge in [0.05, 0.1) is 5.69 Å². The van der Waals surface area contributed by atoms with Crippen LogP contribution in [0.5, 0.6) is 0 Å². The van der Waals surface area contributed by atoms with Gasteiger partial charge < -0.3 is 9.88 Å². The lowest BCUT2D eigenvalue weighted by molar-refractivity contribution is 0.376. The standard InChI is InChI=1S/C26H23N5/c1-2-5-19-16-20(8-7-18(19)4-1)23-9-10-24-26(29-23)31(22-11-14-27-15-12-22)25(30-24)21-6-3-13-28-17-21/h1-10,13,16-17,22,27H,11-12,14-15H2. The number of hydrogen-bond donors (Lipinski definition) is 1. The Morgan fingerprint density at radius 3 is 2.52 bits per heavy atom. The summed E-state index contributed by atoms with van der Waals surface area (Å²) in [6, 6.07) is 23.6. The fourth-order valence-electron chi connectivity index (χ4n) is 4.59. The summed E-state index contributed by atoms with van der Waals surface area (Å²) in [7, 11) is 0. The summed E-state index contributed by atoms with van der Waals surface area (Å²) < 4.78 is 2.34. The highest BCUT2D eigenvalue weighted by Crippen LogP contribution is 2.33. The van der Waals surface area contributed by atoms with E-state index in [1.807, 2.05) is 12.3 Å². The van der Waals surface area contributed by atoms with Crippen molar-refractivity contribution in [3.05, 3.63) is 79.1 Å². The number of pyridine rings is 2. The highest BCUT2D eigenvalue weighted by Gasteiger charge is 2.23. The first kappa shape index (κ1) is 18.2. The van der Waals surface area contributed by atoms with Crippen molar-refractivity contribution in [1.82, 2.24) is 24.8 Å². The molecule has 1 N–H and O–H groups in total. The van der Waals surface area contributed by atoms with Crippen LogP contribution >= 0.6 is 0 Å². The number of imidazole rings is 1. The van der Waals surface area contributed by atoms with Gasteiger partial charge in [-0.25, -0.2) is 9.97 Å². The molecule has 1 aliphatic rings. The molecule has 0 unspecified atom stereocenters. The average Bonchev–Trinajstić information content (AvgIpc) is 3.23. The van der Waals surface area contributed by atoms with Crippen LogP contribution in [0.15, 0.2) is 79.1 Å². The van der Waals surface area contributed by atoms with Crippen molar-refractivity contribution in [1.29, 1.82) is 0 Å². The predicted molar refractivity (Wildman–Crippen MR) is 125 cm³/mol. The average molecular weight is 406 g/mol. The van der Waals surface area contributed by atoms with E-state index >= 15 is 0 Å². The third kappa shape index (κ3) is 3.27. The Morgan fingerprint density at radius 2 is 1.68 bits per heavy atom. The first-order valence-electron chi connectivity index (χ1n) is 10.9. The van der Waals surface area contributed by atoms with Crippen LogP contribution in [0, 0.1) is 0 Å². The molecular formula is C26H23N5. The summed E-state index contributed by atoms with van der Waals surface area (Å²) in [5, 5.41) is 5.94. The Kier molecular flexibility index (Phi) is 4.47. The molecule has 1 saturated heterocycles. The van der Waals surface area contributed by atoms with Crippen LogP contribution in [0.3, 0.4) is 0 Å². The molecule has 6 rings (SSSR count). The van der Waals surface area contributed by atoms with E-state index in [1.54, 1.807) is 6.20 Å². The number of fused-ring (bicyclic) bond motifs is 2. The maximum absolute atomic E-state index is 5.13. The monoisotopic (exact) mass is 405 g/mol. The van der Waals surface area contributed by atoms with Crippen LogP contribution in [0.25, 0.3) is 44.6 Å². The number of aromatic nitrogens is 4. The van der Waals surface area contributed by atoms with E-state index in [2.05, 4.69) is 75.5 Å². The van der Waals surface area contributed by atoms with E-state index in [0.717, 1.165) is 59.7 Å². The van der Waals surface area contributed by atoms with E-state index in [1.165, 1.54) is 10.8 Å². The topological polar surface area (TPSA) is 55.6 Å². The largest absolute Gasteiger partial charge is 0.317 e. The molecule has 0 atom stereocenters. The molecule has 1 fully saturated rings. The first-order valence-corrected chi connectivity index (χ1v) is 10.9. The van der Waals surface area contributed by atoms with Gasteiger partial charge in [-0.05, 0) is 67.0 Å². The predicted octanol–water partition coefficient (Wildman–Crippen LogP) is 5.24. The highest BCUT2D eigenvalue weighted by molar-refractivity contribution is 5.88. The van der Waals surface area contributed by atoms with Gasteiger partial charge in [-0.2, -0.15) is 0 Å². The number of nitrogens with one attached hydrogen (secondary N) is 1. The number of piperidine rings is 1. The lowest BCUT2D eigenvalue weighted by Crippen LogP contribution is -2.29. The molecule has 2 aromatic carbocycles. The molecule has 4 heterocycles. The summed E-state index contributed by atoms with van der Waals surface area (Å²) in [6.45, 7) is 2.03. The number of nitrogens with zero attached hydrogens (tertiary/aromatic N) is 4. The molecule has 5 aromatic rings. The molecule has 5 heteroatoms. The molecule has 3 aromatic heterocycles. The minimum Gasteiger partial charge on any atom is -0.317 e. The molecular weight excluding hydrogens is 382 g/mol. The van der Waals surface area contributed by atoms with Gasteiger partial charge in [0.2, 0.25) is 0 Å². The lowest BCUT2D eigenvalue weighted by atomic mass is 10.0. The van der Waals surface area contributed by atoms with Crippen molar-refractivity contribution in [2.45, 2.75) is 18.9 Å². The van der Waals surface area contributed by atoms with Crippen molar-refractivity contribution < 1.29 is 0 Å². The van der Waals surface area contributed by atoms with Crippen molar-refractivity contribution in [2.24, 2.45) is 0 Å². The highest BCUT2D eigenvalue weighted by atomic mass is 15.2. The van der Waals surface area contributed by atoms with E-state index in [4.69, 9.17) is 9.97 Å². The lowest BCUT2D eigenvalue weighted by Gasteiger charge is -2.26. The summed E-state index contributed by atoms with van der Waals surface area (Å²) in [5.41, 5.74) is 5.03. The van der Waals surface area contributed by atoms with E-state index < -0.39 is 0 Å². The van der Waals surface area contributed by atoms with E-state index in [-0.39, 0.29) is 0 Å². The third-order valence-electron chi connectivity index (χ3n) is 6.18. The SMILES string of the molecule is c1cncc(-c2nc3ccc(-c4ccc5ccccc5c4)nc3n2C2CCNCC2)c1. The van der Waals surface area contributed by atoms with Crippen LogP contribution in [0.2, 0.25) is 0 Å². The number of rotatable bonds is 3. The fraction of sp³-hybridized carbons (Fsp3) is 0.192. The summed E-state index contributed by atoms with van der Waals surface area (Å²) in [6.07, 6.45) is 5.83. The molecule has 152 valence electrons. The van der Waals surface area contributed by atoms with Crippen LogP contribution in [0.4, 0.5) is 0 Å². The molecule has 0 spiro atoms. The second-order valence-electron chi connectivity index (χ2n) is 8.13. The maximum Gasteiger partial charge on any atom is 0.161 e. The molecule has 0 radical (unpaired) electrons. The van der Waals surface area contributed by atoms with Crippen molar-refractivity contribution in [3.63, 3.8) is 0 Å². The smallest absolute Gasteiger partial charge is 0.161 e. The molecule has 0 aliphatic carbocycles. The minimum atomic E-state index is 0.376. The van der Waals surface area contributed by atoms with Gasteiger partial charge in [0.25, 0.3) is 0 Å². The molecule has 0 saturated carbocycles. The molecule has 0 amide bonds. The zero-order chi connectivity index (χ0) is 20.6. The maximum atomic E-state index is 5.13. The van der Waals surface area contributed by atoms with Crippen molar-refractivity contribution in [3.8, 4) is 22.6 Å². The van der Waals surface area contributed by atoms with Gasteiger partial charge in [-0.15, -0.1) is 0 Å². The van der Waals surface area contributed by atoms with Gasteiger partial charge in [0, 0.05) is 29.6 Å². The number of hydrogen-bond acceptors (Lipinski definition) is 4. The molecule has 31 heavy (non-hydrogen) atoms. The van der Waals surface area contributed by atoms with Crippen LogP contribution in [-0.4, -0.2) is 32.6 Å². The Hall–Kier alpha value is -3.57. The molecule has 1 aliphatic heterocycles. The van der Waals surface area contributed by atoms with Crippen LogP contribution in [-0.2, 0) is 0 Å². The minimum absolute atomic E-state index is 0.376. The third-order valence-corrected chi connectivity index (χ3v) is 6.18.